The summed E-state index contributed by atoms with van der Waals surface area (Å²) in [6, 6.07) is 12.6. The fraction of sp³-hybridized carbons (Fsp3) is 0.360. The van der Waals surface area contributed by atoms with Crippen LogP contribution in [0.4, 0.5) is 0 Å². The number of benzene rings is 2. The maximum absolute atomic E-state index is 11.0. The molecule has 0 fully saturated rings. The normalized spacial score (nSPS) is 14.7. The number of rotatable bonds is 9. The molecule has 4 rings (SSSR count). The Bertz CT molecular complexity index is 965. The highest BCUT2D eigenvalue weighted by Crippen LogP contribution is 2.26. The molecule has 0 atom stereocenters. The number of carboxylic acid groups (broad SMARTS) is 1. The van der Waals surface area contributed by atoms with Crippen LogP contribution in [0.3, 0.4) is 0 Å². The summed E-state index contributed by atoms with van der Waals surface area (Å²) in [7, 11) is 0. The van der Waals surface area contributed by atoms with Crippen molar-refractivity contribution in [2.24, 2.45) is 5.10 Å². The highest BCUT2D eigenvalue weighted by molar-refractivity contribution is 5.67. The van der Waals surface area contributed by atoms with Gasteiger partial charge in [0.15, 0.2) is 0 Å². The number of carboxylic acids is 1. The van der Waals surface area contributed by atoms with Crippen LogP contribution in [0.15, 0.2) is 47.6 Å². The summed E-state index contributed by atoms with van der Waals surface area (Å²) < 4.78 is 6.20. The van der Waals surface area contributed by atoms with E-state index in [2.05, 4.69) is 41.5 Å². The SMILES string of the molecule is O=C(O)CCc1ccc(CN2CCC=N2)cc1OCCc1cccc2c1C=CCC2. The molecule has 0 radical (unpaired) electrons. The maximum atomic E-state index is 11.0. The largest absolute Gasteiger partial charge is 0.493 e. The molecule has 2 aromatic rings. The van der Waals surface area contributed by atoms with E-state index in [9.17, 15) is 4.79 Å². The number of allylic oxidation sites excluding steroid dienone is 1. The van der Waals surface area contributed by atoms with Crippen molar-refractivity contribution < 1.29 is 14.6 Å². The highest BCUT2D eigenvalue weighted by Gasteiger charge is 2.13. The van der Waals surface area contributed by atoms with Crippen LogP contribution >= 0.6 is 0 Å². The van der Waals surface area contributed by atoms with Gasteiger partial charge in [0.25, 0.3) is 0 Å². The number of fused-ring (bicyclic) bond motifs is 1. The third-order valence-corrected chi connectivity index (χ3v) is 5.65. The van der Waals surface area contributed by atoms with Gasteiger partial charge in [0.2, 0.25) is 0 Å². The minimum atomic E-state index is -0.792. The molecule has 5 nitrogen and oxygen atoms in total. The summed E-state index contributed by atoms with van der Waals surface area (Å²) in [4.78, 5) is 11.0. The second-order valence-corrected chi connectivity index (χ2v) is 7.84. The van der Waals surface area contributed by atoms with Crippen molar-refractivity contribution >= 4 is 18.3 Å². The lowest BCUT2D eigenvalue weighted by Gasteiger charge is -2.18. The van der Waals surface area contributed by atoms with Crippen molar-refractivity contribution in [1.82, 2.24) is 5.01 Å². The average Bonchev–Trinajstić information content (AvgIpc) is 3.26. The molecule has 0 amide bonds. The highest BCUT2D eigenvalue weighted by atomic mass is 16.5. The predicted octanol–water partition coefficient (Wildman–Crippen LogP) is 4.48. The number of nitrogens with zero attached hydrogens (tertiary/aromatic N) is 2. The van der Waals surface area contributed by atoms with E-state index in [1.807, 2.05) is 23.4 Å². The topological polar surface area (TPSA) is 62.1 Å². The Kier molecular flexibility index (Phi) is 6.47. The molecule has 1 aliphatic carbocycles. The van der Waals surface area contributed by atoms with E-state index in [-0.39, 0.29) is 6.42 Å². The molecule has 0 saturated heterocycles. The van der Waals surface area contributed by atoms with Crippen LogP contribution in [0.2, 0.25) is 0 Å². The lowest BCUT2D eigenvalue weighted by Crippen LogP contribution is -2.14. The van der Waals surface area contributed by atoms with Crippen molar-refractivity contribution in [2.45, 2.75) is 45.1 Å². The molecule has 0 saturated carbocycles. The molecular formula is C25H28N2O3. The van der Waals surface area contributed by atoms with Crippen LogP contribution in [0.25, 0.3) is 6.08 Å². The second kappa shape index (κ2) is 9.61. The number of hydrogen-bond acceptors (Lipinski definition) is 4. The standard InChI is InChI=1S/C25H28N2O3/c28-25(29)12-11-22-10-9-19(18-27-15-4-14-26-27)17-24(22)30-16-13-21-7-3-6-20-5-1-2-8-23(20)21/h2-3,6-10,14,17H,1,4-5,11-13,15-16,18H2,(H,28,29). The van der Waals surface area contributed by atoms with E-state index in [4.69, 9.17) is 9.84 Å². The van der Waals surface area contributed by atoms with Crippen LogP contribution in [0.1, 0.15) is 47.1 Å². The van der Waals surface area contributed by atoms with Gasteiger partial charge in [-0.1, -0.05) is 42.5 Å². The van der Waals surface area contributed by atoms with Gasteiger partial charge in [-0.3, -0.25) is 9.80 Å². The van der Waals surface area contributed by atoms with E-state index < -0.39 is 5.97 Å². The molecule has 2 aliphatic rings. The fourth-order valence-electron chi connectivity index (χ4n) is 4.08. The third kappa shape index (κ3) is 5.09. The average molecular weight is 405 g/mol. The molecule has 2 aromatic carbocycles. The van der Waals surface area contributed by atoms with Gasteiger partial charge in [-0.05, 0) is 53.1 Å². The number of hydrogen-bond donors (Lipinski definition) is 1. The summed E-state index contributed by atoms with van der Waals surface area (Å²) in [5, 5.41) is 15.5. The summed E-state index contributed by atoms with van der Waals surface area (Å²) in [6.45, 7) is 2.24. The smallest absolute Gasteiger partial charge is 0.303 e. The molecule has 1 N–H and O–H groups in total. The summed E-state index contributed by atoms with van der Waals surface area (Å²) >= 11 is 0. The summed E-state index contributed by atoms with van der Waals surface area (Å²) in [5.41, 5.74) is 6.12. The van der Waals surface area contributed by atoms with Gasteiger partial charge in [-0.2, -0.15) is 5.10 Å². The molecule has 0 unspecified atom stereocenters. The van der Waals surface area contributed by atoms with Crippen LogP contribution in [0.5, 0.6) is 5.75 Å². The lowest BCUT2D eigenvalue weighted by atomic mass is 9.92. The van der Waals surface area contributed by atoms with E-state index in [1.165, 1.54) is 16.7 Å². The third-order valence-electron chi connectivity index (χ3n) is 5.65. The van der Waals surface area contributed by atoms with Crippen LogP contribution in [-0.4, -0.2) is 35.5 Å². The predicted molar refractivity (Wildman–Crippen MR) is 119 cm³/mol. The number of carbonyl (C=O) groups is 1. The zero-order chi connectivity index (χ0) is 20.8. The molecule has 0 aromatic heterocycles. The van der Waals surface area contributed by atoms with Gasteiger partial charge in [-0.25, -0.2) is 0 Å². The zero-order valence-corrected chi connectivity index (χ0v) is 17.2. The van der Waals surface area contributed by atoms with Crippen LogP contribution in [0, 0.1) is 0 Å². The van der Waals surface area contributed by atoms with Gasteiger partial charge in [0, 0.05) is 32.0 Å². The number of hydrazone groups is 1. The molecule has 5 heteroatoms. The first-order chi connectivity index (χ1) is 14.7. The summed E-state index contributed by atoms with van der Waals surface area (Å²) in [6.07, 6.45) is 11.0. The van der Waals surface area contributed by atoms with Gasteiger partial charge in [0.1, 0.15) is 5.75 Å². The molecule has 1 aliphatic heterocycles. The summed E-state index contributed by atoms with van der Waals surface area (Å²) in [5.74, 6) is -0.00333. The molecule has 0 bridgehead atoms. The van der Waals surface area contributed by atoms with Crippen molar-refractivity contribution in [3.8, 4) is 5.75 Å². The second-order valence-electron chi connectivity index (χ2n) is 7.84. The Balaban J connectivity index is 1.46. The minimum Gasteiger partial charge on any atom is -0.493 e. The van der Waals surface area contributed by atoms with Gasteiger partial charge >= 0.3 is 5.97 Å². The lowest BCUT2D eigenvalue weighted by molar-refractivity contribution is -0.136. The molecule has 0 spiro atoms. The Hall–Kier alpha value is -3.08. The minimum absolute atomic E-state index is 0.100. The first-order valence-electron chi connectivity index (χ1n) is 10.7. The molecule has 156 valence electrons. The number of ether oxygens (including phenoxy) is 1. The Morgan fingerprint density at radius 3 is 2.90 bits per heavy atom. The van der Waals surface area contributed by atoms with Crippen LogP contribution < -0.4 is 4.74 Å². The molecular weight excluding hydrogens is 376 g/mol. The van der Waals surface area contributed by atoms with Gasteiger partial charge < -0.3 is 9.84 Å². The van der Waals surface area contributed by atoms with Crippen molar-refractivity contribution in [3.63, 3.8) is 0 Å². The first-order valence-corrected chi connectivity index (χ1v) is 10.7. The molecule has 30 heavy (non-hydrogen) atoms. The van der Waals surface area contributed by atoms with Crippen molar-refractivity contribution in [2.75, 3.05) is 13.2 Å². The van der Waals surface area contributed by atoms with Crippen LogP contribution in [-0.2, 0) is 30.6 Å². The van der Waals surface area contributed by atoms with E-state index >= 15 is 0 Å². The Morgan fingerprint density at radius 2 is 2.07 bits per heavy atom. The monoisotopic (exact) mass is 404 g/mol. The van der Waals surface area contributed by atoms with Gasteiger partial charge in [-0.15, -0.1) is 0 Å². The Morgan fingerprint density at radius 1 is 1.13 bits per heavy atom. The maximum Gasteiger partial charge on any atom is 0.303 e. The van der Waals surface area contributed by atoms with E-state index in [1.54, 1.807) is 0 Å². The molecule has 1 heterocycles. The fourth-order valence-corrected chi connectivity index (χ4v) is 4.08. The van der Waals surface area contributed by atoms with Crippen molar-refractivity contribution in [3.05, 3.63) is 70.3 Å². The Labute approximate surface area is 177 Å². The van der Waals surface area contributed by atoms with E-state index in [0.717, 1.165) is 55.6 Å². The quantitative estimate of drug-likeness (QED) is 0.670. The zero-order valence-electron chi connectivity index (χ0n) is 17.2. The van der Waals surface area contributed by atoms with Crippen molar-refractivity contribution in [1.29, 1.82) is 0 Å². The number of aryl methyl sites for hydroxylation is 2. The first kappa shape index (κ1) is 20.2. The number of aliphatic carboxylic acids is 1. The van der Waals surface area contributed by atoms with E-state index in [0.29, 0.717) is 13.0 Å². The van der Waals surface area contributed by atoms with Gasteiger partial charge in [0.05, 0.1) is 13.2 Å².